The van der Waals surface area contributed by atoms with Crippen molar-refractivity contribution in [3.63, 3.8) is 0 Å². The molecule has 0 aliphatic rings. The number of aryl methyl sites for hydroxylation is 1. The van der Waals surface area contributed by atoms with Crippen LogP contribution >= 0.6 is 11.3 Å². The van der Waals surface area contributed by atoms with Crippen molar-refractivity contribution >= 4 is 21.4 Å². The van der Waals surface area contributed by atoms with Gasteiger partial charge in [0.1, 0.15) is 5.82 Å². The normalized spacial score (nSPS) is 12.7. The third-order valence-corrected chi connectivity index (χ3v) is 4.82. The third-order valence-electron chi connectivity index (χ3n) is 3.61. The second-order valence-corrected chi connectivity index (χ2v) is 6.19. The van der Waals surface area contributed by atoms with Gasteiger partial charge in [-0.3, -0.25) is 11.3 Å². The Balaban J connectivity index is 1.78. The van der Waals surface area contributed by atoms with Gasteiger partial charge >= 0.3 is 0 Å². The van der Waals surface area contributed by atoms with E-state index in [0.717, 1.165) is 27.8 Å². The zero-order valence-electron chi connectivity index (χ0n) is 11.6. The molecule has 1 aromatic heterocycles. The third kappa shape index (κ3) is 3.29. The molecule has 0 amide bonds. The molecule has 2 aromatic carbocycles. The summed E-state index contributed by atoms with van der Waals surface area (Å²) >= 11 is 1.60. The lowest BCUT2D eigenvalue weighted by Gasteiger charge is -2.13. The zero-order chi connectivity index (χ0) is 14.7. The fourth-order valence-corrected chi connectivity index (χ4v) is 3.64. The van der Waals surface area contributed by atoms with E-state index in [4.69, 9.17) is 5.84 Å². The molecule has 3 aromatic rings. The maximum absolute atomic E-state index is 13.3. The Bertz CT molecular complexity index is 724. The lowest BCUT2D eigenvalue weighted by molar-refractivity contribution is 0.524. The summed E-state index contributed by atoms with van der Waals surface area (Å²) in [5.41, 5.74) is 4.18. The van der Waals surface area contributed by atoms with Crippen LogP contribution in [0, 0.1) is 5.82 Å². The number of hydrazine groups is 1. The van der Waals surface area contributed by atoms with Gasteiger partial charge in [0, 0.05) is 9.58 Å². The van der Waals surface area contributed by atoms with Gasteiger partial charge < -0.3 is 0 Å². The molecule has 3 N–H and O–H groups in total. The Morgan fingerprint density at radius 3 is 2.67 bits per heavy atom. The molecule has 0 aliphatic carbocycles. The number of rotatable bonds is 5. The second kappa shape index (κ2) is 6.35. The van der Waals surface area contributed by atoms with Crippen LogP contribution in [0.25, 0.3) is 10.1 Å². The van der Waals surface area contributed by atoms with Gasteiger partial charge in [-0.15, -0.1) is 11.3 Å². The average Bonchev–Trinajstić information content (AvgIpc) is 2.92. The topological polar surface area (TPSA) is 38.0 Å². The van der Waals surface area contributed by atoms with Crippen LogP contribution in [0.1, 0.15) is 22.9 Å². The first-order chi connectivity index (χ1) is 10.3. The highest BCUT2D eigenvalue weighted by Gasteiger charge is 2.13. The molecule has 1 unspecified atom stereocenters. The quantitative estimate of drug-likeness (QED) is 0.548. The standard InChI is InChI=1S/C17H17FN2S/c18-14-8-7-13-10-17(21-16(13)11-14)15(20-19)9-6-12-4-2-1-3-5-12/h1-5,7-8,10-11,15,20H,6,9,19H2. The first kappa shape index (κ1) is 14.2. The van der Waals surface area contributed by atoms with Crippen molar-refractivity contribution < 1.29 is 4.39 Å². The molecule has 0 spiro atoms. The Hall–Kier alpha value is -1.75. The van der Waals surface area contributed by atoms with Crippen LogP contribution in [0.3, 0.4) is 0 Å². The van der Waals surface area contributed by atoms with Crippen LogP contribution in [-0.2, 0) is 6.42 Å². The van der Waals surface area contributed by atoms with Crippen LogP contribution in [0.15, 0.2) is 54.6 Å². The van der Waals surface area contributed by atoms with E-state index < -0.39 is 0 Å². The molecule has 0 bridgehead atoms. The van der Waals surface area contributed by atoms with Crippen LogP contribution in [0.5, 0.6) is 0 Å². The number of benzene rings is 2. The van der Waals surface area contributed by atoms with Gasteiger partial charge in [-0.2, -0.15) is 0 Å². The summed E-state index contributed by atoms with van der Waals surface area (Å²) in [5, 5.41) is 1.07. The number of halogens is 1. The summed E-state index contributed by atoms with van der Waals surface area (Å²) in [6.07, 6.45) is 1.87. The first-order valence-electron chi connectivity index (χ1n) is 6.95. The number of nitrogens with two attached hydrogens (primary N) is 1. The SMILES string of the molecule is NNC(CCc1ccccc1)c1cc2ccc(F)cc2s1. The Morgan fingerprint density at radius 1 is 1.10 bits per heavy atom. The van der Waals surface area contributed by atoms with E-state index in [1.54, 1.807) is 17.4 Å². The molecule has 3 rings (SSSR count). The largest absolute Gasteiger partial charge is 0.271 e. The van der Waals surface area contributed by atoms with Crippen molar-refractivity contribution in [1.82, 2.24) is 5.43 Å². The molecule has 108 valence electrons. The van der Waals surface area contributed by atoms with Crippen LogP contribution < -0.4 is 11.3 Å². The highest BCUT2D eigenvalue weighted by Crippen LogP contribution is 2.32. The molecule has 0 aliphatic heterocycles. The number of hydrogen-bond acceptors (Lipinski definition) is 3. The summed E-state index contributed by atoms with van der Waals surface area (Å²) < 4.78 is 14.2. The summed E-state index contributed by atoms with van der Waals surface area (Å²) in [6.45, 7) is 0. The molecular formula is C17H17FN2S. The van der Waals surface area contributed by atoms with Crippen molar-refractivity contribution in [1.29, 1.82) is 0 Å². The molecule has 0 radical (unpaired) electrons. The van der Waals surface area contributed by atoms with Crippen LogP contribution in [0.4, 0.5) is 4.39 Å². The molecule has 0 saturated carbocycles. The summed E-state index contributed by atoms with van der Waals surface area (Å²) in [5.74, 6) is 5.51. The van der Waals surface area contributed by atoms with Gasteiger partial charge in [-0.1, -0.05) is 36.4 Å². The lowest BCUT2D eigenvalue weighted by atomic mass is 10.0. The molecule has 4 heteroatoms. The predicted octanol–water partition coefficient (Wildman–Crippen LogP) is 4.18. The number of fused-ring (bicyclic) bond motifs is 1. The maximum atomic E-state index is 13.3. The van der Waals surface area contributed by atoms with Crippen molar-refractivity contribution in [2.45, 2.75) is 18.9 Å². The first-order valence-corrected chi connectivity index (χ1v) is 7.77. The molecule has 1 heterocycles. The fourth-order valence-electron chi connectivity index (χ4n) is 2.46. The van der Waals surface area contributed by atoms with E-state index in [-0.39, 0.29) is 11.9 Å². The van der Waals surface area contributed by atoms with E-state index in [2.05, 4.69) is 23.6 Å². The zero-order valence-corrected chi connectivity index (χ0v) is 12.4. The summed E-state index contributed by atoms with van der Waals surface area (Å²) in [7, 11) is 0. The van der Waals surface area contributed by atoms with Crippen molar-refractivity contribution in [2.24, 2.45) is 5.84 Å². The predicted molar refractivity (Wildman–Crippen MR) is 86.6 cm³/mol. The van der Waals surface area contributed by atoms with E-state index in [0.29, 0.717) is 0 Å². The number of hydrogen-bond donors (Lipinski definition) is 2. The second-order valence-electron chi connectivity index (χ2n) is 5.07. The van der Waals surface area contributed by atoms with Crippen LogP contribution in [-0.4, -0.2) is 0 Å². The van der Waals surface area contributed by atoms with E-state index in [9.17, 15) is 4.39 Å². The van der Waals surface area contributed by atoms with Crippen molar-refractivity contribution in [2.75, 3.05) is 0 Å². The van der Waals surface area contributed by atoms with Crippen LogP contribution in [0.2, 0.25) is 0 Å². The minimum absolute atomic E-state index is 0.0886. The van der Waals surface area contributed by atoms with E-state index in [1.807, 2.05) is 24.3 Å². The summed E-state index contributed by atoms with van der Waals surface area (Å²) in [6, 6.07) is 17.4. The van der Waals surface area contributed by atoms with Gasteiger partial charge in [-0.25, -0.2) is 4.39 Å². The monoisotopic (exact) mass is 300 g/mol. The van der Waals surface area contributed by atoms with Crippen molar-refractivity contribution in [3.05, 3.63) is 70.9 Å². The lowest BCUT2D eigenvalue weighted by Crippen LogP contribution is -2.27. The smallest absolute Gasteiger partial charge is 0.124 e. The number of thiophene rings is 1. The Kier molecular flexibility index (Phi) is 4.29. The Labute approximate surface area is 127 Å². The van der Waals surface area contributed by atoms with E-state index >= 15 is 0 Å². The van der Waals surface area contributed by atoms with E-state index in [1.165, 1.54) is 11.6 Å². The molecule has 0 fully saturated rings. The van der Waals surface area contributed by atoms with Gasteiger partial charge in [0.05, 0.1) is 6.04 Å². The number of nitrogens with one attached hydrogen (secondary N) is 1. The summed E-state index contributed by atoms with van der Waals surface area (Å²) in [4.78, 5) is 1.15. The maximum Gasteiger partial charge on any atom is 0.124 e. The van der Waals surface area contributed by atoms with Gasteiger partial charge in [0.25, 0.3) is 0 Å². The van der Waals surface area contributed by atoms with Gasteiger partial charge in [0.15, 0.2) is 0 Å². The van der Waals surface area contributed by atoms with Gasteiger partial charge in [0.2, 0.25) is 0 Å². The molecular weight excluding hydrogens is 283 g/mol. The minimum atomic E-state index is -0.197. The van der Waals surface area contributed by atoms with Crippen molar-refractivity contribution in [3.8, 4) is 0 Å². The highest BCUT2D eigenvalue weighted by atomic mass is 32.1. The van der Waals surface area contributed by atoms with Gasteiger partial charge in [-0.05, 0) is 42.0 Å². The fraction of sp³-hybridized carbons (Fsp3) is 0.176. The molecule has 1 atom stereocenters. The highest BCUT2D eigenvalue weighted by molar-refractivity contribution is 7.19. The average molecular weight is 300 g/mol. The molecule has 21 heavy (non-hydrogen) atoms. The Morgan fingerprint density at radius 2 is 1.90 bits per heavy atom. The minimum Gasteiger partial charge on any atom is -0.271 e. The molecule has 2 nitrogen and oxygen atoms in total. The molecule has 0 saturated heterocycles.